The molecule has 0 radical (unpaired) electrons. The zero-order valence-electron chi connectivity index (χ0n) is 23.8. The summed E-state index contributed by atoms with van der Waals surface area (Å²) in [7, 11) is 0. The van der Waals surface area contributed by atoms with Gasteiger partial charge in [0, 0.05) is 12.8 Å². The molecule has 1 fully saturated rings. The Labute approximate surface area is 228 Å². The van der Waals surface area contributed by atoms with E-state index in [4.69, 9.17) is 4.74 Å². The zero-order chi connectivity index (χ0) is 28.1. The van der Waals surface area contributed by atoms with Gasteiger partial charge in [0.2, 0.25) is 17.7 Å². The Morgan fingerprint density at radius 3 is 2.05 bits per heavy atom. The van der Waals surface area contributed by atoms with Crippen LogP contribution in [0.3, 0.4) is 0 Å². The quantitative estimate of drug-likeness (QED) is 0.197. The Kier molecular flexibility index (Phi) is 12.9. The van der Waals surface area contributed by atoms with Crippen molar-refractivity contribution < 1.29 is 23.9 Å². The molecule has 8 heteroatoms. The summed E-state index contributed by atoms with van der Waals surface area (Å²) in [5.74, 6) is -0.916. The number of hydrogen-bond acceptors (Lipinski definition) is 5. The largest absolute Gasteiger partial charge is 0.361 e. The van der Waals surface area contributed by atoms with Gasteiger partial charge in [-0.05, 0) is 37.7 Å². The van der Waals surface area contributed by atoms with Gasteiger partial charge in [0.1, 0.15) is 17.7 Å². The Morgan fingerprint density at radius 1 is 0.868 bits per heavy atom. The molecule has 0 saturated carbocycles. The monoisotopic (exact) mass is 529 g/mol. The van der Waals surface area contributed by atoms with E-state index in [0.717, 1.165) is 37.7 Å². The number of carbonyl (C=O) groups is 4. The summed E-state index contributed by atoms with van der Waals surface area (Å²) >= 11 is 0. The predicted octanol–water partition coefficient (Wildman–Crippen LogP) is 3.86. The molecule has 0 aliphatic carbocycles. The highest BCUT2D eigenvalue weighted by atomic mass is 16.6. The van der Waals surface area contributed by atoms with E-state index in [9.17, 15) is 19.2 Å². The Hall–Kier alpha value is -2.74. The van der Waals surface area contributed by atoms with E-state index in [1.807, 2.05) is 51.1 Å². The maximum atomic E-state index is 13.5. The second kappa shape index (κ2) is 15.6. The first-order valence-electron chi connectivity index (χ1n) is 14.2. The molecule has 1 aliphatic rings. The lowest BCUT2D eigenvalue weighted by molar-refractivity contribution is -0.134. The van der Waals surface area contributed by atoms with Crippen molar-refractivity contribution in [1.82, 2.24) is 16.0 Å². The van der Waals surface area contributed by atoms with Crippen LogP contribution in [0.2, 0.25) is 0 Å². The van der Waals surface area contributed by atoms with E-state index < -0.39 is 29.6 Å². The summed E-state index contributed by atoms with van der Waals surface area (Å²) in [6.07, 6.45) is 5.89. The lowest BCUT2D eigenvalue weighted by atomic mass is 9.93. The molecule has 8 nitrogen and oxygen atoms in total. The lowest BCUT2D eigenvalue weighted by Gasteiger charge is -2.26. The number of ketones is 1. The maximum Gasteiger partial charge on any atom is 0.243 e. The number of ether oxygens (including phenoxy) is 1. The van der Waals surface area contributed by atoms with Crippen LogP contribution in [0, 0.1) is 5.92 Å². The number of epoxide rings is 1. The van der Waals surface area contributed by atoms with Crippen LogP contribution >= 0.6 is 0 Å². The second-order valence-corrected chi connectivity index (χ2v) is 11.0. The fourth-order valence-electron chi connectivity index (χ4n) is 4.40. The molecule has 1 heterocycles. The summed E-state index contributed by atoms with van der Waals surface area (Å²) in [5.41, 5.74) is 0.0639. The molecule has 1 aromatic carbocycles. The SMILES string of the molecule is CCCCCC(=O)NC(Cc1ccccc1)C(=O)NC(CCCC)C(=O)NC(CC(C)C)C(=O)[C@@]1(C)CO1. The number of hydrogen-bond donors (Lipinski definition) is 3. The number of amides is 3. The van der Waals surface area contributed by atoms with E-state index in [0.29, 0.717) is 32.3 Å². The van der Waals surface area contributed by atoms with Gasteiger partial charge in [-0.1, -0.05) is 83.7 Å². The topological polar surface area (TPSA) is 117 Å². The minimum absolute atomic E-state index is 0.138. The van der Waals surface area contributed by atoms with Gasteiger partial charge in [-0.3, -0.25) is 19.2 Å². The van der Waals surface area contributed by atoms with Crippen LogP contribution in [0.4, 0.5) is 0 Å². The number of unbranched alkanes of at least 4 members (excludes halogenated alkanes) is 3. The van der Waals surface area contributed by atoms with Crippen molar-refractivity contribution in [2.45, 2.75) is 116 Å². The van der Waals surface area contributed by atoms with Gasteiger partial charge in [-0.2, -0.15) is 0 Å². The minimum atomic E-state index is -0.849. The highest BCUT2D eigenvalue weighted by Gasteiger charge is 2.50. The van der Waals surface area contributed by atoms with E-state index in [1.165, 1.54) is 0 Å². The van der Waals surface area contributed by atoms with Crippen molar-refractivity contribution in [2.24, 2.45) is 5.92 Å². The summed E-state index contributed by atoms with van der Waals surface area (Å²) in [6.45, 7) is 10.2. The third-order valence-corrected chi connectivity index (χ3v) is 6.86. The molecule has 4 atom stereocenters. The fraction of sp³-hybridized carbons (Fsp3) is 0.667. The van der Waals surface area contributed by atoms with Crippen LogP contribution in [-0.2, 0) is 30.3 Å². The number of rotatable bonds is 18. The van der Waals surface area contributed by atoms with Crippen LogP contribution in [0.15, 0.2) is 30.3 Å². The summed E-state index contributed by atoms with van der Waals surface area (Å²) in [6, 6.07) is 7.19. The molecule has 3 amide bonds. The van der Waals surface area contributed by atoms with Crippen molar-refractivity contribution in [3.63, 3.8) is 0 Å². The third kappa shape index (κ3) is 10.6. The molecule has 38 heavy (non-hydrogen) atoms. The van der Waals surface area contributed by atoms with Crippen molar-refractivity contribution >= 4 is 23.5 Å². The molecule has 1 aromatic rings. The lowest BCUT2D eigenvalue weighted by Crippen LogP contribution is -2.57. The molecule has 1 aliphatic heterocycles. The highest BCUT2D eigenvalue weighted by molar-refractivity contribution is 5.98. The summed E-state index contributed by atoms with van der Waals surface area (Å²) in [5, 5.41) is 8.68. The Bertz CT molecular complexity index is 914. The Balaban J connectivity index is 2.16. The first-order chi connectivity index (χ1) is 18.1. The van der Waals surface area contributed by atoms with E-state index in [1.54, 1.807) is 6.92 Å². The number of carbonyl (C=O) groups excluding carboxylic acids is 4. The third-order valence-electron chi connectivity index (χ3n) is 6.86. The van der Waals surface area contributed by atoms with Gasteiger partial charge in [-0.15, -0.1) is 0 Å². The summed E-state index contributed by atoms with van der Waals surface area (Å²) < 4.78 is 5.34. The zero-order valence-corrected chi connectivity index (χ0v) is 23.8. The van der Waals surface area contributed by atoms with Crippen LogP contribution in [-0.4, -0.2) is 53.8 Å². The van der Waals surface area contributed by atoms with Crippen LogP contribution in [0.1, 0.15) is 91.5 Å². The van der Waals surface area contributed by atoms with Crippen molar-refractivity contribution in [1.29, 1.82) is 0 Å². The van der Waals surface area contributed by atoms with Crippen LogP contribution in [0.5, 0.6) is 0 Å². The van der Waals surface area contributed by atoms with Crippen molar-refractivity contribution in [3.8, 4) is 0 Å². The predicted molar refractivity (Wildman–Crippen MR) is 148 cm³/mol. The highest BCUT2D eigenvalue weighted by Crippen LogP contribution is 2.29. The molecule has 3 N–H and O–H groups in total. The molecule has 1 saturated heterocycles. The molecular formula is C30H47N3O5. The average Bonchev–Trinajstić information content (AvgIpc) is 3.63. The molecule has 3 unspecified atom stereocenters. The smallest absolute Gasteiger partial charge is 0.243 e. The van der Waals surface area contributed by atoms with Crippen LogP contribution in [0.25, 0.3) is 0 Å². The number of benzene rings is 1. The molecule has 2 rings (SSSR count). The minimum Gasteiger partial charge on any atom is -0.361 e. The number of Topliss-reactive ketones (excluding diaryl/α,β-unsaturated/α-hetero) is 1. The van der Waals surface area contributed by atoms with Gasteiger partial charge in [0.05, 0.1) is 12.6 Å². The molecule has 0 spiro atoms. The number of nitrogens with one attached hydrogen (secondary N) is 3. The van der Waals surface area contributed by atoms with Crippen LogP contribution < -0.4 is 16.0 Å². The van der Waals surface area contributed by atoms with E-state index in [-0.39, 0.29) is 23.5 Å². The van der Waals surface area contributed by atoms with E-state index >= 15 is 0 Å². The van der Waals surface area contributed by atoms with Gasteiger partial charge in [0.25, 0.3) is 0 Å². The molecule has 0 aromatic heterocycles. The van der Waals surface area contributed by atoms with Crippen molar-refractivity contribution in [2.75, 3.05) is 6.61 Å². The van der Waals surface area contributed by atoms with Crippen molar-refractivity contribution in [3.05, 3.63) is 35.9 Å². The van der Waals surface area contributed by atoms with E-state index in [2.05, 4.69) is 22.9 Å². The molecular weight excluding hydrogens is 482 g/mol. The fourth-order valence-corrected chi connectivity index (χ4v) is 4.40. The standard InChI is InChI=1S/C30H47N3O5/c1-6-8-11-17-26(34)31-25(19-22-14-12-10-13-15-22)29(37)32-23(16-9-7-2)28(36)33-24(18-21(3)4)27(35)30(5)20-38-30/h10,12-15,21,23-25H,6-9,11,16-20H2,1-5H3,(H,31,34)(H,32,37)(H,33,36)/t23?,24?,25?,30-/m1/s1. The normalized spacial score (nSPS) is 18.8. The first kappa shape index (κ1) is 31.5. The molecule has 0 bridgehead atoms. The second-order valence-electron chi connectivity index (χ2n) is 11.0. The van der Waals surface area contributed by atoms with Gasteiger partial charge < -0.3 is 20.7 Å². The van der Waals surface area contributed by atoms with Gasteiger partial charge in [-0.25, -0.2) is 0 Å². The summed E-state index contributed by atoms with van der Waals surface area (Å²) in [4.78, 5) is 52.5. The van der Waals surface area contributed by atoms with Gasteiger partial charge in [0.15, 0.2) is 5.78 Å². The first-order valence-corrected chi connectivity index (χ1v) is 14.2. The molecule has 212 valence electrons. The van der Waals surface area contributed by atoms with Gasteiger partial charge >= 0.3 is 0 Å². The maximum absolute atomic E-state index is 13.5. The Morgan fingerprint density at radius 2 is 1.47 bits per heavy atom. The average molecular weight is 530 g/mol.